The maximum absolute atomic E-state index is 12.4. The third kappa shape index (κ3) is 4.79. The highest BCUT2D eigenvalue weighted by Gasteiger charge is 2.24. The van der Waals surface area contributed by atoms with E-state index in [0.29, 0.717) is 5.56 Å². The van der Waals surface area contributed by atoms with Crippen LogP contribution in [0.1, 0.15) is 49.0 Å². The maximum atomic E-state index is 12.4. The standard InChI is InChI=1S/C18H27N3O2/c1-3-13(2)16(17(19)22)20-18(23)15-8-6-7-14(11-15)12-21-9-4-5-10-21/h6-8,11,13,16H,3-5,9-10,12H2,1-2H3,(H2,19,22)(H,20,23). The van der Waals surface area contributed by atoms with E-state index in [2.05, 4.69) is 10.2 Å². The van der Waals surface area contributed by atoms with E-state index in [0.717, 1.165) is 31.6 Å². The lowest BCUT2D eigenvalue weighted by molar-refractivity contribution is -0.120. The molecular weight excluding hydrogens is 290 g/mol. The summed E-state index contributed by atoms with van der Waals surface area (Å²) in [6, 6.07) is 6.98. The molecule has 0 radical (unpaired) electrons. The van der Waals surface area contributed by atoms with E-state index < -0.39 is 11.9 Å². The van der Waals surface area contributed by atoms with Gasteiger partial charge in [-0.25, -0.2) is 0 Å². The molecule has 2 amide bonds. The second-order valence-electron chi connectivity index (χ2n) is 6.42. The molecule has 0 saturated carbocycles. The molecule has 5 nitrogen and oxygen atoms in total. The number of amides is 2. The molecular formula is C18H27N3O2. The number of hydrogen-bond donors (Lipinski definition) is 2. The molecule has 0 bridgehead atoms. The molecule has 2 unspecified atom stereocenters. The van der Waals surface area contributed by atoms with Crippen LogP contribution in [0.3, 0.4) is 0 Å². The van der Waals surface area contributed by atoms with Gasteiger partial charge in [0.15, 0.2) is 0 Å². The molecule has 23 heavy (non-hydrogen) atoms. The summed E-state index contributed by atoms with van der Waals surface area (Å²) in [5.41, 5.74) is 7.12. The smallest absolute Gasteiger partial charge is 0.251 e. The van der Waals surface area contributed by atoms with Gasteiger partial charge < -0.3 is 11.1 Å². The minimum atomic E-state index is -0.630. The summed E-state index contributed by atoms with van der Waals surface area (Å²) in [7, 11) is 0. The third-order valence-electron chi connectivity index (χ3n) is 4.60. The van der Waals surface area contributed by atoms with E-state index in [1.807, 2.05) is 32.0 Å². The molecule has 0 spiro atoms. The van der Waals surface area contributed by atoms with Crippen LogP contribution in [0.2, 0.25) is 0 Å². The van der Waals surface area contributed by atoms with Crippen molar-refractivity contribution in [3.63, 3.8) is 0 Å². The molecule has 0 aliphatic carbocycles. The molecule has 126 valence electrons. The van der Waals surface area contributed by atoms with Crippen molar-refractivity contribution in [1.29, 1.82) is 0 Å². The molecule has 1 aromatic carbocycles. The predicted molar refractivity (Wildman–Crippen MR) is 90.9 cm³/mol. The second kappa shape index (κ2) is 8.11. The van der Waals surface area contributed by atoms with E-state index in [9.17, 15) is 9.59 Å². The van der Waals surface area contributed by atoms with Gasteiger partial charge in [0, 0.05) is 12.1 Å². The number of carbonyl (C=O) groups excluding carboxylic acids is 2. The van der Waals surface area contributed by atoms with Crippen LogP contribution < -0.4 is 11.1 Å². The zero-order valence-electron chi connectivity index (χ0n) is 14.0. The first-order valence-electron chi connectivity index (χ1n) is 8.42. The lowest BCUT2D eigenvalue weighted by atomic mass is 9.98. The molecule has 1 aromatic rings. The number of nitrogens with one attached hydrogen (secondary N) is 1. The Balaban J connectivity index is 2.04. The summed E-state index contributed by atoms with van der Waals surface area (Å²) < 4.78 is 0. The minimum Gasteiger partial charge on any atom is -0.368 e. The van der Waals surface area contributed by atoms with E-state index in [1.54, 1.807) is 6.07 Å². The average Bonchev–Trinajstić information content (AvgIpc) is 3.04. The normalized spacial score (nSPS) is 17.7. The van der Waals surface area contributed by atoms with Gasteiger partial charge >= 0.3 is 0 Å². The van der Waals surface area contributed by atoms with E-state index in [-0.39, 0.29) is 11.8 Å². The SMILES string of the molecule is CCC(C)C(NC(=O)c1cccc(CN2CCCC2)c1)C(N)=O. The van der Waals surface area contributed by atoms with E-state index in [1.165, 1.54) is 12.8 Å². The molecule has 2 atom stereocenters. The number of benzene rings is 1. The summed E-state index contributed by atoms with van der Waals surface area (Å²) in [5.74, 6) is -0.706. The van der Waals surface area contributed by atoms with Crippen LogP contribution in [0.5, 0.6) is 0 Å². The molecule has 1 fully saturated rings. The molecule has 5 heteroatoms. The van der Waals surface area contributed by atoms with Gasteiger partial charge in [0.05, 0.1) is 0 Å². The minimum absolute atomic E-state index is 0.0178. The van der Waals surface area contributed by atoms with Gasteiger partial charge in [-0.2, -0.15) is 0 Å². The van der Waals surface area contributed by atoms with Gasteiger partial charge in [0.2, 0.25) is 5.91 Å². The zero-order chi connectivity index (χ0) is 16.8. The van der Waals surface area contributed by atoms with Crippen LogP contribution in [0.25, 0.3) is 0 Å². The van der Waals surface area contributed by atoms with Gasteiger partial charge in [-0.15, -0.1) is 0 Å². The first-order chi connectivity index (χ1) is 11.0. The van der Waals surface area contributed by atoms with Gasteiger partial charge in [-0.1, -0.05) is 32.4 Å². The lowest BCUT2D eigenvalue weighted by Crippen LogP contribution is -2.48. The summed E-state index contributed by atoms with van der Waals surface area (Å²) in [6.07, 6.45) is 3.27. The maximum Gasteiger partial charge on any atom is 0.251 e. The monoisotopic (exact) mass is 317 g/mol. The summed E-state index contributed by atoms with van der Waals surface area (Å²) in [6.45, 7) is 7.00. The predicted octanol–water partition coefficient (Wildman–Crippen LogP) is 1.91. The molecule has 1 heterocycles. The summed E-state index contributed by atoms with van der Waals surface area (Å²) >= 11 is 0. The van der Waals surface area contributed by atoms with Crippen molar-refractivity contribution in [2.75, 3.05) is 13.1 Å². The third-order valence-corrected chi connectivity index (χ3v) is 4.60. The van der Waals surface area contributed by atoms with E-state index in [4.69, 9.17) is 5.73 Å². The van der Waals surface area contributed by atoms with Crippen molar-refractivity contribution in [3.05, 3.63) is 35.4 Å². The van der Waals surface area contributed by atoms with Crippen molar-refractivity contribution in [1.82, 2.24) is 10.2 Å². The topological polar surface area (TPSA) is 75.4 Å². The van der Waals surface area contributed by atoms with Crippen LogP contribution in [0.15, 0.2) is 24.3 Å². The first-order valence-corrected chi connectivity index (χ1v) is 8.42. The Morgan fingerprint density at radius 1 is 1.30 bits per heavy atom. The van der Waals surface area contributed by atoms with E-state index >= 15 is 0 Å². The number of rotatable bonds is 7. The number of carbonyl (C=O) groups is 2. The fraction of sp³-hybridized carbons (Fsp3) is 0.556. The van der Waals surface area contributed by atoms with Gasteiger partial charge in [-0.05, 0) is 49.5 Å². The van der Waals surface area contributed by atoms with Gasteiger partial charge in [-0.3, -0.25) is 14.5 Å². The Morgan fingerprint density at radius 2 is 2.00 bits per heavy atom. The number of likely N-dealkylation sites (tertiary alicyclic amines) is 1. The fourth-order valence-corrected chi connectivity index (χ4v) is 2.96. The Kier molecular flexibility index (Phi) is 6.16. The highest BCUT2D eigenvalue weighted by atomic mass is 16.2. The molecule has 2 rings (SSSR count). The van der Waals surface area contributed by atoms with Crippen LogP contribution in [0, 0.1) is 5.92 Å². The number of hydrogen-bond acceptors (Lipinski definition) is 3. The van der Waals surface area contributed by atoms with Crippen molar-refractivity contribution >= 4 is 11.8 Å². The second-order valence-corrected chi connectivity index (χ2v) is 6.42. The highest BCUT2D eigenvalue weighted by Crippen LogP contribution is 2.14. The zero-order valence-corrected chi connectivity index (χ0v) is 14.0. The van der Waals surface area contributed by atoms with Crippen molar-refractivity contribution in [3.8, 4) is 0 Å². The van der Waals surface area contributed by atoms with Crippen LogP contribution in [-0.2, 0) is 11.3 Å². The Morgan fingerprint density at radius 3 is 2.61 bits per heavy atom. The van der Waals surface area contributed by atoms with Gasteiger partial charge in [0.1, 0.15) is 6.04 Å². The molecule has 1 saturated heterocycles. The number of nitrogens with zero attached hydrogens (tertiary/aromatic N) is 1. The highest BCUT2D eigenvalue weighted by molar-refractivity contribution is 5.97. The first kappa shape index (κ1) is 17.5. The van der Waals surface area contributed by atoms with Crippen molar-refractivity contribution in [2.24, 2.45) is 11.7 Å². The van der Waals surface area contributed by atoms with Crippen molar-refractivity contribution < 1.29 is 9.59 Å². The van der Waals surface area contributed by atoms with Crippen molar-refractivity contribution in [2.45, 2.75) is 45.7 Å². The van der Waals surface area contributed by atoms with Crippen LogP contribution in [0.4, 0.5) is 0 Å². The molecule has 1 aliphatic heterocycles. The summed E-state index contributed by atoms with van der Waals surface area (Å²) in [5, 5.41) is 2.78. The Labute approximate surface area is 138 Å². The average molecular weight is 317 g/mol. The number of primary amides is 1. The van der Waals surface area contributed by atoms with Crippen LogP contribution >= 0.6 is 0 Å². The summed E-state index contributed by atoms with van der Waals surface area (Å²) in [4.78, 5) is 26.4. The largest absolute Gasteiger partial charge is 0.368 e. The molecule has 0 aromatic heterocycles. The number of nitrogens with two attached hydrogens (primary N) is 1. The van der Waals surface area contributed by atoms with Crippen LogP contribution in [-0.4, -0.2) is 35.8 Å². The lowest BCUT2D eigenvalue weighted by Gasteiger charge is -2.21. The Hall–Kier alpha value is -1.88. The van der Waals surface area contributed by atoms with Gasteiger partial charge in [0.25, 0.3) is 5.91 Å². The molecule has 1 aliphatic rings. The molecule has 3 N–H and O–H groups in total. The fourth-order valence-electron chi connectivity index (χ4n) is 2.96. The quantitative estimate of drug-likeness (QED) is 0.806. The Bertz CT molecular complexity index is 553.